The highest BCUT2D eigenvalue weighted by atomic mass is 35.5. The third kappa shape index (κ3) is 6.94. The van der Waals surface area contributed by atoms with Crippen molar-refractivity contribution in [1.82, 2.24) is 19.6 Å². The molecule has 5 rings (SSSR count). The summed E-state index contributed by atoms with van der Waals surface area (Å²) in [5, 5.41) is 14.9. The Bertz CT molecular complexity index is 1190. The third-order valence-electron chi connectivity index (χ3n) is 9.73. The van der Waals surface area contributed by atoms with Crippen LogP contribution in [0.2, 0.25) is 0 Å². The molecule has 4 atom stereocenters. The summed E-state index contributed by atoms with van der Waals surface area (Å²) in [5.74, 6) is -0.431. The number of carbonyl (C=O) groups is 1. The molecule has 1 N–H and O–H groups in total. The van der Waals surface area contributed by atoms with Crippen molar-refractivity contribution < 1.29 is 19.0 Å². The van der Waals surface area contributed by atoms with Crippen LogP contribution in [0.5, 0.6) is 0 Å². The quantitative estimate of drug-likeness (QED) is 0.344. The second kappa shape index (κ2) is 15.0. The number of likely N-dealkylation sites (N-methyl/N-ethyl adjacent to an activating group) is 1. The van der Waals surface area contributed by atoms with Crippen LogP contribution in [0.4, 0.5) is 4.39 Å². The Balaban J connectivity index is 0.00000205. The Morgan fingerprint density at radius 1 is 1.19 bits per heavy atom. The normalized spacial score (nSPS) is 23.8. The van der Waals surface area contributed by atoms with Crippen LogP contribution >= 0.6 is 37.2 Å². The van der Waals surface area contributed by atoms with Crippen molar-refractivity contribution in [1.29, 1.82) is 0 Å². The highest BCUT2D eigenvalue weighted by Crippen LogP contribution is 2.47. The molecule has 238 valence electrons. The molecule has 3 heterocycles. The van der Waals surface area contributed by atoms with Crippen molar-refractivity contribution in [3.63, 3.8) is 0 Å². The molecule has 3 aliphatic rings. The first-order valence-corrected chi connectivity index (χ1v) is 14.8. The highest BCUT2D eigenvalue weighted by molar-refractivity contribution is 5.86. The number of hydrogen-bond acceptors (Lipinski definition) is 5. The first kappa shape index (κ1) is 36.8. The molecule has 11 heteroatoms. The summed E-state index contributed by atoms with van der Waals surface area (Å²) in [6.45, 7) is 12.6. The maximum Gasteiger partial charge on any atom is 0.321 e. The number of carboxylic acids is 1. The number of aryl methyl sites for hydroxylation is 1. The topological polar surface area (TPSA) is 70.8 Å². The van der Waals surface area contributed by atoms with E-state index in [0.29, 0.717) is 12.5 Å². The molecule has 1 aromatic heterocycles. The number of halogens is 4. The van der Waals surface area contributed by atoms with E-state index in [0.717, 1.165) is 69.5 Å². The SMILES string of the molecule is CCc1c2c(nn1CC)C1(CCN(C[C@H]3C[C@H](N(C)[C@@H](C(=O)O)C(C)C)C[C@@H]3c3cccc(F)c3)CC1)OC2.Cl.Cl.Cl. The smallest absolute Gasteiger partial charge is 0.321 e. The Kier molecular flexibility index (Phi) is 13.2. The van der Waals surface area contributed by atoms with E-state index in [-0.39, 0.29) is 66.5 Å². The Morgan fingerprint density at radius 2 is 1.88 bits per heavy atom. The molecule has 1 spiro atoms. The molecule has 1 saturated carbocycles. The number of likely N-dealkylation sites (tertiary alicyclic amines) is 1. The van der Waals surface area contributed by atoms with Gasteiger partial charge in [0.05, 0.1) is 6.61 Å². The van der Waals surface area contributed by atoms with Crippen molar-refractivity contribution >= 4 is 43.2 Å². The molecule has 0 amide bonds. The van der Waals surface area contributed by atoms with Crippen molar-refractivity contribution in [3.05, 3.63) is 52.6 Å². The summed E-state index contributed by atoms with van der Waals surface area (Å²) in [7, 11) is 1.95. The molecular formula is C31H48Cl3FN4O3. The molecule has 1 saturated heterocycles. The largest absolute Gasteiger partial charge is 0.480 e. The van der Waals surface area contributed by atoms with Crippen LogP contribution in [0.15, 0.2) is 24.3 Å². The molecule has 0 bridgehead atoms. The molecule has 2 aromatic rings. The van der Waals surface area contributed by atoms with E-state index in [9.17, 15) is 14.3 Å². The average molecular weight is 650 g/mol. The first-order valence-electron chi connectivity index (χ1n) is 14.8. The number of aromatic nitrogens is 2. The van der Waals surface area contributed by atoms with E-state index in [4.69, 9.17) is 9.84 Å². The van der Waals surface area contributed by atoms with E-state index >= 15 is 0 Å². The Morgan fingerprint density at radius 3 is 2.45 bits per heavy atom. The molecule has 42 heavy (non-hydrogen) atoms. The van der Waals surface area contributed by atoms with Gasteiger partial charge in [0.1, 0.15) is 23.2 Å². The summed E-state index contributed by atoms with van der Waals surface area (Å²) in [5.41, 5.74) is 4.53. The van der Waals surface area contributed by atoms with Gasteiger partial charge in [-0.25, -0.2) is 4.39 Å². The van der Waals surface area contributed by atoms with E-state index in [2.05, 4.69) is 28.3 Å². The van der Waals surface area contributed by atoms with Gasteiger partial charge in [0.15, 0.2) is 0 Å². The number of nitrogens with zero attached hydrogens (tertiary/aromatic N) is 4. The molecule has 1 aliphatic carbocycles. The zero-order valence-corrected chi connectivity index (χ0v) is 27.9. The molecular weight excluding hydrogens is 602 g/mol. The lowest BCUT2D eigenvalue weighted by Crippen LogP contribution is -2.47. The van der Waals surface area contributed by atoms with Gasteiger partial charge >= 0.3 is 5.97 Å². The minimum Gasteiger partial charge on any atom is -0.480 e. The van der Waals surface area contributed by atoms with Crippen LogP contribution < -0.4 is 0 Å². The number of piperidine rings is 1. The fourth-order valence-electron chi connectivity index (χ4n) is 7.73. The van der Waals surface area contributed by atoms with Gasteiger partial charge in [0.2, 0.25) is 0 Å². The maximum atomic E-state index is 14.3. The van der Waals surface area contributed by atoms with E-state index in [1.807, 2.05) is 27.0 Å². The Labute approximate surface area is 268 Å². The number of rotatable bonds is 9. The summed E-state index contributed by atoms with van der Waals surface area (Å²) >= 11 is 0. The summed E-state index contributed by atoms with van der Waals surface area (Å²) in [6.07, 6.45) is 4.59. The summed E-state index contributed by atoms with van der Waals surface area (Å²) in [6, 6.07) is 6.63. The lowest BCUT2D eigenvalue weighted by molar-refractivity contribution is -0.145. The number of carboxylic acid groups (broad SMARTS) is 1. The van der Waals surface area contributed by atoms with Gasteiger partial charge in [-0.3, -0.25) is 14.4 Å². The second-order valence-electron chi connectivity index (χ2n) is 12.3. The average Bonchev–Trinajstić information content (AvgIpc) is 3.58. The standard InChI is InChI=1S/C31H45FN4O3.3ClH/c1-6-27-26-19-39-31(29(26)33-36(27)7-2)11-13-35(14-12-31)18-22-16-24(34(5)28(20(3)4)30(37)38)17-25(22)21-9-8-10-23(32)15-21;;;/h8-10,15,20,22,24-25,28H,6-7,11-14,16-19H2,1-5H3,(H,37,38);3*1H/t22-,24+,25-,28-;;;/m1.../s1. The number of benzene rings is 1. The number of hydrogen-bond donors (Lipinski definition) is 1. The van der Waals surface area contributed by atoms with Crippen molar-refractivity contribution in [2.24, 2.45) is 11.8 Å². The minimum atomic E-state index is -0.771. The molecule has 7 nitrogen and oxygen atoms in total. The van der Waals surface area contributed by atoms with Gasteiger partial charge < -0.3 is 14.7 Å². The van der Waals surface area contributed by atoms with Crippen LogP contribution in [0.3, 0.4) is 0 Å². The molecule has 0 unspecified atom stereocenters. The van der Waals surface area contributed by atoms with Gasteiger partial charge in [0.25, 0.3) is 0 Å². The van der Waals surface area contributed by atoms with Crippen LogP contribution in [0.25, 0.3) is 0 Å². The molecule has 1 aromatic carbocycles. The summed E-state index contributed by atoms with van der Waals surface area (Å²) in [4.78, 5) is 16.7. The zero-order valence-electron chi connectivity index (χ0n) is 25.4. The van der Waals surface area contributed by atoms with Gasteiger partial charge in [0, 0.05) is 43.5 Å². The van der Waals surface area contributed by atoms with Crippen LogP contribution in [0.1, 0.15) is 81.8 Å². The Hall–Kier alpha value is -1.42. The molecule has 2 aliphatic heterocycles. The van der Waals surface area contributed by atoms with Crippen molar-refractivity contribution in [2.45, 2.75) is 96.6 Å². The van der Waals surface area contributed by atoms with Gasteiger partial charge in [-0.1, -0.05) is 32.9 Å². The number of ether oxygens (including phenoxy) is 1. The monoisotopic (exact) mass is 648 g/mol. The number of aliphatic carboxylic acids is 1. The lowest BCUT2D eigenvalue weighted by Gasteiger charge is -2.40. The highest BCUT2D eigenvalue weighted by Gasteiger charge is 2.47. The van der Waals surface area contributed by atoms with Crippen molar-refractivity contribution in [3.8, 4) is 0 Å². The van der Waals surface area contributed by atoms with E-state index in [1.165, 1.54) is 17.3 Å². The first-order chi connectivity index (χ1) is 18.7. The molecule has 0 radical (unpaired) electrons. The lowest BCUT2D eigenvalue weighted by atomic mass is 9.85. The fraction of sp³-hybridized carbons (Fsp3) is 0.677. The predicted octanol–water partition coefficient (Wildman–Crippen LogP) is 6.29. The fourth-order valence-corrected chi connectivity index (χ4v) is 7.73. The summed E-state index contributed by atoms with van der Waals surface area (Å²) < 4.78 is 22.9. The van der Waals surface area contributed by atoms with Gasteiger partial charge in [-0.2, -0.15) is 5.10 Å². The van der Waals surface area contributed by atoms with Crippen LogP contribution in [-0.2, 0) is 34.7 Å². The zero-order chi connectivity index (χ0) is 27.9. The second-order valence-corrected chi connectivity index (χ2v) is 12.3. The van der Waals surface area contributed by atoms with Crippen LogP contribution in [-0.4, -0.2) is 69.4 Å². The van der Waals surface area contributed by atoms with E-state index < -0.39 is 12.0 Å². The maximum absolute atomic E-state index is 14.3. The predicted molar refractivity (Wildman–Crippen MR) is 171 cm³/mol. The minimum absolute atomic E-state index is 0. The van der Waals surface area contributed by atoms with E-state index in [1.54, 1.807) is 12.1 Å². The molecule has 2 fully saturated rings. The number of fused-ring (bicyclic) bond motifs is 2. The third-order valence-corrected chi connectivity index (χ3v) is 9.73. The van der Waals surface area contributed by atoms with Gasteiger partial charge in [-0.05, 0) is 81.5 Å². The van der Waals surface area contributed by atoms with Crippen molar-refractivity contribution in [2.75, 3.05) is 26.7 Å². The van der Waals surface area contributed by atoms with Gasteiger partial charge in [-0.15, -0.1) is 37.2 Å². The van der Waals surface area contributed by atoms with Crippen LogP contribution in [0, 0.1) is 17.7 Å².